The van der Waals surface area contributed by atoms with E-state index in [4.69, 9.17) is 4.74 Å². The molecule has 3 aliphatic rings. The predicted molar refractivity (Wildman–Crippen MR) is 80.5 cm³/mol. The molecule has 1 N–H and O–H groups in total. The van der Waals surface area contributed by atoms with Gasteiger partial charge in [-0.25, -0.2) is 8.42 Å². The Bertz CT molecular complexity index is 447. The zero-order valence-corrected chi connectivity index (χ0v) is 13.4. The fourth-order valence-corrected chi connectivity index (χ4v) is 6.46. The maximum absolute atomic E-state index is 12.9. The van der Waals surface area contributed by atoms with Gasteiger partial charge in [0.15, 0.2) is 0 Å². The summed E-state index contributed by atoms with van der Waals surface area (Å²) in [5, 5.41) is 10.00. The molecule has 0 aromatic heterocycles. The minimum absolute atomic E-state index is 0.0214. The normalized spacial score (nSPS) is 36.9. The monoisotopic (exact) mass is 317 g/mol. The highest BCUT2D eigenvalue weighted by Gasteiger charge is 2.44. The summed E-state index contributed by atoms with van der Waals surface area (Å²) in [6.07, 6.45) is 6.70. The van der Waals surface area contributed by atoms with Gasteiger partial charge in [-0.1, -0.05) is 12.8 Å². The molecule has 0 amide bonds. The molecule has 2 aliphatic heterocycles. The van der Waals surface area contributed by atoms with Crippen LogP contribution in [0, 0.1) is 5.92 Å². The van der Waals surface area contributed by atoms with Gasteiger partial charge < -0.3 is 9.84 Å². The zero-order chi connectivity index (χ0) is 14.9. The summed E-state index contributed by atoms with van der Waals surface area (Å²) >= 11 is 0. The van der Waals surface area contributed by atoms with E-state index in [1.807, 2.05) is 0 Å². The van der Waals surface area contributed by atoms with Gasteiger partial charge in [-0.15, -0.1) is 0 Å². The lowest BCUT2D eigenvalue weighted by atomic mass is 9.81. The molecule has 3 atom stereocenters. The van der Waals surface area contributed by atoms with E-state index in [0.717, 1.165) is 38.5 Å². The predicted octanol–water partition coefficient (Wildman–Crippen LogP) is 1.51. The summed E-state index contributed by atoms with van der Waals surface area (Å²) in [4.78, 5) is 0. The van der Waals surface area contributed by atoms with Crippen LogP contribution >= 0.6 is 0 Å². The van der Waals surface area contributed by atoms with Crippen LogP contribution in [-0.4, -0.2) is 55.0 Å². The molecule has 0 radical (unpaired) electrons. The summed E-state index contributed by atoms with van der Waals surface area (Å²) in [7, 11) is -3.24. The maximum Gasteiger partial charge on any atom is 0.217 e. The fourth-order valence-electron chi connectivity index (χ4n) is 4.26. The van der Waals surface area contributed by atoms with Crippen LogP contribution in [0.4, 0.5) is 0 Å². The van der Waals surface area contributed by atoms with E-state index < -0.39 is 10.0 Å². The maximum atomic E-state index is 12.9. The van der Waals surface area contributed by atoms with Crippen molar-refractivity contribution in [1.29, 1.82) is 0 Å². The van der Waals surface area contributed by atoms with Crippen molar-refractivity contribution in [2.24, 2.45) is 5.92 Å². The van der Waals surface area contributed by atoms with Crippen LogP contribution in [-0.2, 0) is 14.8 Å². The van der Waals surface area contributed by atoms with Gasteiger partial charge in [-0.3, -0.25) is 0 Å². The standard InChI is InChI=1S/C15H27NO4S/c17-15-6-2-1-4-13(15)14-5-3-9-16(14)21(18,19)12-7-10-20-11-8-12/h12-15,17H,1-11H2. The molecule has 6 heteroatoms. The SMILES string of the molecule is O=S(=O)(C1CCOCC1)N1CCCC1C1CCCCC1O. The number of sulfonamides is 1. The summed E-state index contributed by atoms with van der Waals surface area (Å²) in [6.45, 7) is 1.73. The Morgan fingerprint density at radius 3 is 2.38 bits per heavy atom. The number of rotatable bonds is 3. The number of nitrogens with zero attached hydrogens (tertiary/aromatic N) is 1. The Balaban J connectivity index is 1.76. The van der Waals surface area contributed by atoms with Crippen LogP contribution in [0.3, 0.4) is 0 Å². The van der Waals surface area contributed by atoms with Gasteiger partial charge in [0.05, 0.1) is 11.4 Å². The number of ether oxygens (including phenoxy) is 1. The lowest BCUT2D eigenvalue weighted by Crippen LogP contribution is -2.49. The van der Waals surface area contributed by atoms with E-state index in [1.165, 1.54) is 0 Å². The molecule has 1 saturated carbocycles. The topological polar surface area (TPSA) is 66.8 Å². The molecular formula is C15H27NO4S. The third-order valence-corrected chi connectivity index (χ3v) is 7.86. The highest BCUT2D eigenvalue weighted by atomic mass is 32.2. The highest BCUT2D eigenvalue weighted by Crippen LogP contribution is 2.37. The van der Waals surface area contributed by atoms with Crippen molar-refractivity contribution in [2.75, 3.05) is 19.8 Å². The molecule has 1 aliphatic carbocycles. The minimum Gasteiger partial charge on any atom is -0.393 e. The lowest BCUT2D eigenvalue weighted by molar-refractivity contribution is 0.0378. The Labute approximate surface area is 127 Å². The van der Waals surface area contributed by atoms with Crippen molar-refractivity contribution >= 4 is 10.0 Å². The van der Waals surface area contributed by atoms with Crippen molar-refractivity contribution in [3.05, 3.63) is 0 Å². The number of aliphatic hydroxyl groups excluding tert-OH is 1. The first-order valence-electron chi connectivity index (χ1n) is 8.37. The van der Waals surface area contributed by atoms with Gasteiger partial charge in [0, 0.05) is 31.7 Å². The molecule has 3 fully saturated rings. The first-order valence-corrected chi connectivity index (χ1v) is 9.87. The smallest absolute Gasteiger partial charge is 0.217 e. The first-order chi connectivity index (χ1) is 10.1. The molecule has 21 heavy (non-hydrogen) atoms. The third kappa shape index (κ3) is 3.14. The second-order valence-electron chi connectivity index (χ2n) is 6.69. The Hall–Kier alpha value is -0.170. The average molecular weight is 317 g/mol. The lowest BCUT2D eigenvalue weighted by Gasteiger charge is -2.38. The van der Waals surface area contributed by atoms with Gasteiger partial charge in [-0.2, -0.15) is 4.31 Å². The van der Waals surface area contributed by atoms with Crippen LogP contribution in [0.15, 0.2) is 0 Å². The number of aliphatic hydroxyl groups is 1. The minimum atomic E-state index is -3.24. The number of hydrogen-bond acceptors (Lipinski definition) is 4. The molecular weight excluding hydrogens is 290 g/mol. The average Bonchev–Trinajstić information content (AvgIpc) is 2.99. The van der Waals surface area contributed by atoms with Crippen LogP contribution < -0.4 is 0 Å². The molecule has 2 saturated heterocycles. The van der Waals surface area contributed by atoms with Crippen LogP contribution in [0.1, 0.15) is 51.4 Å². The quantitative estimate of drug-likeness (QED) is 0.857. The molecule has 2 heterocycles. The fraction of sp³-hybridized carbons (Fsp3) is 1.00. The summed E-state index contributed by atoms with van der Waals surface area (Å²) < 4.78 is 32.9. The second-order valence-corrected chi connectivity index (χ2v) is 8.86. The largest absolute Gasteiger partial charge is 0.393 e. The Morgan fingerprint density at radius 1 is 0.952 bits per heavy atom. The van der Waals surface area contributed by atoms with Crippen molar-refractivity contribution in [2.45, 2.75) is 68.8 Å². The molecule has 3 unspecified atom stereocenters. The Morgan fingerprint density at radius 2 is 1.67 bits per heavy atom. The van der Waals surface area contributed by atoms with E-state index in [2.05, 4.69) is 0 Å². The molecule has 0 spiro atoms. The van der Waals surface area contributed by atoms with Crippen LogP contribution in [0.5, 0.6) is 0 Å². The molecule has 0 bridgehead atoms. The van der Waals surface area contributed by atoms with Gasteiger partial charge in [0.2, 0.25) is 10.0 Å². The van der Waals surface area contributed by atoms with Crippen molar-refractivity contribution in [3.63, 3.8) is 0 Å². The summed E-state index contributed by atoms with van der Waals surface area (Å²) in [5.74, 6) is 0.135. The molecule has 0 aromatic carbocycles. The van der Waals surface area contributed by atoms with E-state index in [0.29, 0.717) is 32.6 Å². The van der Waals surface area contributed by atoms with E-state index >= 15 is 0 Å². The third-order valence-electron chi connectivity index (χ3n) is 5.44. The van der Waals surface area contributed by atoms with Crippen molar-refractivity contribution < 1.29 is 18.3 Å². The molecule has 5 nitrogen and oxygen atoms in total. The number of hydrogen-bond donors (Lipinski definition) is 1. The van der Waals surface area contributed by atoms with Crippen molar-refractivity contribution in [1.82, 2.24) is 4.31 Å². The van der Waals surface area contributed by atoms with Gasteiger partial charge in [0.1, 0.15) is 0 Å². The summed E-state index contributed by atoms with van der Waals surface area (Å²) in [6, 6.07) is 0.0214. The van der Waals surface area contributed by atoms with Gasteiger partial charge in [-0.05, 0) is 38.5 Å². The van der Waals surface area contributed by atoms with E-state index in [1.54, 1.807) is 4.31 Å². The van der Waals surface area contributed by atoms with Crippen molar-refractivity contribution in [3.8, 4) is 0 Å². The summed E-state index contributed by atoms with van der Waals surface area (Å²) in [5.41, 5.74) is 0. The molecule has 122 valence electrons. The highest BCUT2D eigenvalue weighted by molar-refractivity contribution is 7.89. The van der Waals surface area contributed by atoms with E-state index in [9.17, 15) is 13.5 Å². The van der Waals surface area contributed by atoms with Crippen LogP contribution in [0.25, 0.3) is 0 Å². The van der Waals surface area contributed by atoms with Gasteiger partial charge in [0.25, 0.3) is 0 Å². The van der Waals surface area contributed by atoms with Crippen LogP contribution in [0.2, 0.25) is 0 Å². The zero-order valence-electron chi connectivity index (χ0n) is 12.6. The second kappa shape index (κ2) is 6.52. The molecule has 3 rings (SSSR count). The van der Waals surface area contributed by atoms with E-state index in [-0.39, 0.29) is 23.3 Å². The molecule has 0 aromatic rings. The Kier molecular flexibility index (Phi) is 4.88. The first kappa shape index (κ1) is 15.7. The van der Waals surface area contributed by atoms with Gasteiger partial charge >= 0.3 is 0 Å².